The van der Waals surface area contributed by atoms with Crippen LogP contribution in [0.5, 0.6) is 0 Å². The molecule has 0 atom stereocenters. The molecule has 0 radical (unpaired) electrons. The molecule has 0 aliphatic rings. The summed E-state index contributed by atoms with van der Waals surface area (Å²) < 4.78 is 2.03. The minimum atomic E-state index is 0.954. The van der Waals surface area contributed by atoms with E-state index in [1.807, 2.05) is 30.2 Å². The largest absolute Gasteiger partial charge is 0.355 e. The Hall–Kier alpha value is -1.10. The lowest BCUT2D eigenvalue weighted by Crippen LogP contribution is -2.25. The van der Waals surface area contributed by atoms with E-state index in [-0.39, 0.29) is 0 Å². The first kappa shape index (κ1) is 12.4. The fourth-order valence-corrected chi connectivity index (χ4v) is 2.19. The summed E-state index contributed by atoms with van der Waals surface area (Å²) in [6, 6.07) is 2.00. The van der Waals surface area contributed by atoms with Crippen molar-refractivity contribution >= 4 is 32.8 Å². The molecule has 0 unspecified atom stereocenters. The summed E-state index contributed by atoms with van der Waals surface area (Å²) in [7, 11) is 2.01. The molecule has 0 amide bonds. The molecule has 0 saturated heterocycles. The van der Waals surface area contributed by atoms with Crippen molar-refractivity contribution in [2.45, 2.75) is 13.3 Å². The van der Waals surface area contributed by atoms with Crippen molar-refractivity contribution in [3.63, 3.8) is 0 Å². The molecular formula is C12H17BrN4. The van der Waals surface area contributed by atoms with Gasteiger partial charge in [0.2, 0.25) is 0 Å². The number of hydrogen-bond acceptors (Lipinski definition) is 3. The van der Waals surface area contributed by atoms with Crippen molar-refractivity contribution in [1.82, 2.24) is 14.5 Å². The molecule has 2 rings (SSSR count). The number of alkyl halides is 1. The van der Waals surface area contributed by atoms with Crippen molar-refractivity contribution in [2.24, 2.45) is 7.05 Å². The number of halogens is 1. The number of aryl methyl sites for hydroxylation is 1. The Labute approximate surface area is 110 Å². The smallest absolute Gasteiger partial charge is 0.156 e. The van der Waals surface area contributed by atoms with Gasteiger partial charge in [-0.2, -0.15) is 0 Å². The van der Waals surface area contributed by atoms with Crippen LogP contribution in [0.15, 0.2) is 18.6 Å². The topological polar surface area (TPSA) is 34.0 Å². The molecule has 0 bridgehead atoms. The van der Waals surface area contributed by atoms with E-state index in [9.17, 15) is 0 Å². The fourth-order valence-electron chi connectivity index (χ4n) is 1.94. The Morgan fingerprint density at radius 1 is 1.41 bits per heavy atom. The van der Waals surface area contributed by atoms with Crippen molar-refractivity contribution in [2.75, 3.05) is 23.3 Å². The van der Waals surface area contributed by atoms with E-state index < -0.39 is 0 Å². The highest BCUT2D eigenvalue weighted by Crippen LogP contribution is 2.22. The third kappa shape index (κ3) is 2.44. The summed E-state index contributed by atoms with van der Waals surface area (Å²) in [5, 5.41) is 1.02. The van der Waals surface area contributed by atoms with E-state index in [2.05, 4.69) is 37.7 Å². The molecule has 0 fully saturated rings. The van der Waals surface area contributed by atoms with Crippen LogP contribution in [0, 0.1) is 0 Å². The van der Waals surface area contributed by atoms with Crippen LogP contribution >= 0.6 is 15.9 Å². The average Bonchev–Trinajstić information content (AvgIpc) is 2.73. The molecule has 0 spiro atoms. The number of fused-ring (bicyclic) bond motifs is 1. The number of aromatic nitrogens is 3. The summed E-state index contributed by atoms with van der Waals surface area (Å²) in [6.07, 6.45) is 4.81. The zero-order chi connectivity index (χ0) is 12.3. The Morgan fingerprint density at radius 3 is 2.94 bits per heavy atom. The van der Waals surface area contributed by atoms with Gasteiger partial charge in [0.25, 0.3) is 0 Å². The van der Waals surface area contributed by atoms with Gasteiger partial charge in [-0.3, -0.25) is 0 Å². The third-order valence-corrected chi connectivity index (χ3v) is 3.43. The zero-order valence-electron chi connectivity index (χ0n) is 10.2. The molecule has 5 heteroatoms. The summed E-state index contributed by atoms with van der Waals surface area (Å²) >= 11 is 3.47. The van der Waals surface area contributed by atoms with E-state index in [1.54, 1.807) is 0 Å². The molecule has 0 aromatic carbocycles. The maximum absolute atomic E-state index is 4.48. The molecular weight excluding hydrogens is 280 g/mol. The Morgan fingerprint density at radius 2 is 2.24 bits per heavy atom. The molecule has 2 heterocycles. The van der Waals surface area contributed by atoms with Crippen LogP contribution in [-0.2, 0) is 7.05 Å². The quantitative estimate of drug-likeness (QED) is 0.795. The van der Waals surface area contributed by atoms with Crippen LogP contribution in [0.3, 0.4) is 0 Å². The van der Waals surface area contributed by atoms with Crippen molar-refractivity contribution < 1.29 is 0 Å². The summed E-state index contributed by atoms with van der Waals surface area (Å²) in [5.41, 5.74) is 2.12. The van der Waals surface area contributed by atoms with Gasteiger partial charge in [-0.25, -0.2) is 9.97 Å². The van der Waals surface area contributed by atoms with Crippen LogP contribution < -0.4 is 4.90 Å². The van der Waals surface area contributed by atoms with Crippen molar-refractivity contribution in [1.29, 1.82) is 0 Å². The molecule has 0 aliphatic heterocycles. The van der Waals surface area contributed by atoms with Crippen LogP contribution in [0.2, 0.25) is 0 Å². The predicted molar refractivity (Wildman–Crippen MR) is 74.8 cm³/mol. The molecule has 0 N–H and O–H groups in total. The maximum Gasteiger partial charge on any atom is 0.156 e. The second kappa shape index (κ2) is 5.49. The highest BCUT2D eigenvalue weighted by Gasteiger charge is 2.12. The molecule has 4 nitrogen and oxygen atoms in total. The minimum Gasteiger partial charge on any atom is -0.355 e. The van der Waals surface area contributed by atoms with E-state index in [0.717, 1.165) is 41.7 Å². The van der Waals surface area contributed by atoms with Crippen molar-refractivity contribution in [3.05, 3.63) is 18.6 Å². The number of pyridine rings is 1. The third-order valence-electron chi connectivity index (χ3n) is 2.87. The van der Waals surface area contributed by atoms with Crippen LogP contribution in [0.4, 0.5) is 5.82 Å². The van der Waals surface area contributed by atoms with Gasteiger partial charge < -0.3 is 9.47 Å². The van der Waals surface area contributed by atoms with Gasteiger partial charge in [0.05, 0.1) is 11.8 Å². The monoisotopic (exact) mass is 296 g/mol. The number of rotatable bonds is 5. The number of nitrogens with zero attached hydrogens (tertiary/aromatic N) is 4. The van der Waals surface area contributed by atoms with Gasteiger partial charge in [0.1, 0.15) is 5.52 Å². The second-order valence-corrected chi connectivity index (χ2v) is 4.77. The maximum atomic E-state index is 4.48. The van der Waals surface area contributed by atoms with Crippen molar-refractivity contribution in [3.8, 4) is 0 Å². The first-order chi connectivity index (χ1) is 8.27. The molecule has 0 aliphatic carbocycles. The van der Waals surface area contributed by atoms with E-state index in [1.165, 1.54) is 0 Å². The molecule has 2 aromatic rings. The predicted octanol–water partition coefficient (Wildman–Crippen LogP) is 2.58. The van der Waals surface area contributed by atoms with Gasteiger partial charge in [0, 0.05) is 31.7 Å². The molecule has 92 valence electrons. The van der Waals surface area contributed by atoms with Crippen LogP contribution in [0.1, 0.15) is 13.3 Å². The minimum absolute atomic E-state index is 0.954. The summed E-state index contributed by atoms with van der Waals surface area (Å²) in [4.78, 5) is 11.2. The van der Waals surface area contributed by atoms with E-state index in [4.69, 9.17) is 0 Å². The zero-order valence-corrected chi connectivity index (χ0v) is 11.8. The lowest BCUT2D eigenvalue weighted by Gasteiger charge is -2.21. The Kier molecular flexibility index (Phi) is 3.99. The average molecular weight is 297 g/mol. The highest BCUT2D eigenvalue weighted by atomic mass is 79.9. The first-order valence-corrected chi connectivity index (χ1v) is 6.97. The SMILES string of the molecule is CCN(CCCBr)c1nccc2c1ncn2C. The number of hydrogen-bond donors (Lipinski definition) is 0. The first-order valence-electron chi connectivity index (χ1n) is 5.85. The lowest BCUT2D eigenvalue weighted by molar-refractivity contribution is 0.788. The van der Waals surface area contributed by atoms with Gasteiger partial charge in [-0.15, -0.1) is 0 Å². The second-order valence-electron chi connectivity index (χ2n) is 3.98. The summed E-state index contributed by atoms with van der Waals surface area (Å²) in [6.45, 7) is 4.11. The van der Waals surface area contributed by atoms with Crippen LogP contribution in [0.25, 0.3) is 11.0 Å². The standard InChI is InChI=1S/C12H17BrN4/c1-3-17(8-4-6-13)12-11-10(5-7-14-12)16(2)9-15-11/h5,7,9H,3-4,6,8H2,1-2H3. The van der Waals surface area contributed by atoms with Gasteiger partial charge >= 0.3 is 0 Å². The number of anilines is 1. The molecule has 0 saturated carbocycles. The molecule has 17 heavy (non-hydrogen) atoms. The van der Waals surface area contributed by atoms with Crippen LogP contribution in [-0.4, -0.2) is 33.0 Å². The lowest BCUT2D eigenvalue weighted by atomic mass is 10.3. The Bertz CT molecular complexity index is 494. The normalized spacial score (nSPS) is 11.0. The Balaban J connectivity index is 2.39. The molecule has 2 aromatic heterocycles. The fraction of sp³-hybridized carbons (Fsp3) is 0.500. The van der Waals surface area contributed by atoms with Gasteiger partial charge in [-0.1, -0.05) is 15.9 Å². The van der Waals surface area contributed by atoms with E-state index in [0.29, 0.717) is 0 Å². The van der Waals surface area contributed by atoms with Gasteiger partial charge in [0.15, 0.2) is 5.82 Å². The number of imidazole rings is 1. The van der Waals surface area contributed by atoms with E-state index >= 15 is 0 Å². The summed E-state index contributed by atoms with van der Waals surface area (Å²) in [5.74, 6) is 0.992. The van der Waals surface area contributed by atoms with Gasteiger partial charge in [-0.05, 0) is 19.4 Å². The highest BCUT2D eigenvalue weighted by molar-refractivity contribution is 9.09.